The van der Waals surface area contributed by atoms with Gasteiger partial charge in [0.2, 0.25) is 0 Å². The van der Waals surface area contributed by atoms with Gasteiger partial charge in [0.05, 0.1) is 6.04 Å². The summed E-state index contributed by atoms with van der Waals surface area (Å²) in [6, 6.07) is 7.25. The number of likely N-dealkylation sites (N-methyl/N-ethyl adjacent to an activating group) is 1. The SMILES string of the molecule is CN=C(NCC(c1cccc(F)c1)N(C)C)NC1CC=CC1.I. The van der Waals surface area contributed by atoms with E-state index in [0.717, 1.165) is 24.4 Å². The molecule has 0 fully saturated rings. The maximum atomic E-state index is 13.4. The quantitative estimate of drug-likeness (QED) is 0.326. The third-order valence-electron chi connectivity index (χ3n) is 3.89. The van der Waals surface area contributed by atoms with Gasteiger partial charge in [-0.15, -0.1) is 24.0 Å². The van der Waals surface area contributed by atoms with Crippen LogP contribution in [0.5, 0.6) is 0 Å². The highest BCUT2D eigenvalue weighted by molar-refractivity contribution is 14.0. The minimum Gasteiger partial charge on any atom is -0.354 e. The molecule has 0 aliphatic heterocycles. The molecular formula is C17H26FIN4. The van der Waals surface area contributed by atoms with Crippen molar-refractivity contribution in [3.05, 3.63) is 47.8 Å². The van der Waals surface area contributed by atoms with Gasteiger partial charge in [-0.25, -0.2) is 4.39 Å². The second-order valence-corrected chi connectivity index (χ2v) is 5.77. The molecule has 1 aliphatic rings. The molecule has 0 heterocycles. The number of halogens is 2. The van der Waals surface area contributed by atoms with E-state index < -0.39 is 0 Å². The molecule has 128 valence electrons. The van der Waals surface area contributed by atoms with E-state index in [1.165, 1.54) is 6.07 Å². The zero-order valence-electron chi connectivity index (χ0n) is 13.9. The number of benzene rings is 1. The second kappa shape index (κ2) is 9.87. The van der Waals surface area contributed by atoms with Crippen molar-refractivity contribution in [2.75, 3.05) is 27.7 Å². The summed E-state index contributed by atoms with van der Waals surface area (Å²) in [5.74, 6) is 0.584. The van der Waals surface area contributed by atoms with Crippen LogP contribution in [0, 0.1) is 5.82 Å². The smallest absolute Gasteiger partial charge is 0.191 e. The molecule has 0 aromatic heterocycles. The third kappa shape index (κ3) is 6.10. The summed E-state index contributed by atoms with van der Waals surface area (Å²) >= 11 is 0. The number of nitrogens with one attached hydrogen (secondary N) is 2. The largest absolute Gasteiger partial charge is 0.354 e. The van der Waals surface area contributed by atoms with Crippen molar-refractivity contribution in [1.29, 1.82) is 0 Å². The van der Waals surface area contributed by atoms with E-state index in [4.69, 9.17) is 0 Å². The lowest BCUT2D eigenvalue weighted by Gasteiger charge is -2.26. The van der Waals surface area contributed by atoms with E-state index in [1.54, 1.807) is 19.2 Å². The first-order valence-electron chi connectivity index (χ1n) is 7.64. The first-order valence-corrected chi connectivity index (χ1v) is 7.64. The Morgan fingerprint density at radius 2 is 2.04 bits per heavy atom. The Kier molecular flexibility index (Phi) is 8.54. The standard InChI is InChI=1S/C17H25FN4.HI/c1-19-17(21-15-9-4-5-10-15)20-12-16(22(2)3)13-7-6-8-14(18)11-13;/h4-8,11,15-16H,9-10,12H2,1-3H3,(H2,19,20,21);1H. The monoisotopic (exact) mass is 432 g/mol. The molecule has 23 heavy (non-hydrogen) atoms. The van der Waals surface area contributed by atoms with E-state index in [0.29, 0.717) is 12.6 Å². The van der Waals surface area contributed by atoms with Gasteiger partial charge in [0.25, 0.3) is 0 Å². The first kappa shape index (κ1) is 19.9. The third-order valence-corrected chi connectivity index (χ3v) is 3.89. The molecular weight excluding hydrogens is 406 g/mol. The van der Waals surface area contributed by atoms with Crippen molar-refractivity contribution in [3.8, 4) is 0 Å². The topological polar surface area (TPSA) is 39.7 Å². The minimum atomic E-state index is -0.205. The van der Waals surface area contributed by atoms with Crippen LogP contribution in [0.25, 0.3) is 0 Å². The summed E-state index contributed by atoms with van der Waals surface area (Å²) < 4.78 is 13.4. The van der Waals surface area contributed by atoms with E-state index >= 15 is 0 Å². The molecule has 1 aromatic rings. The van der Waals surface area contributed by atoms with Crippen LogP contribution >= 0.6 is 24.0 Å². The molecule has 4 nitrogen and oxygen atoms in total. The van der Waals surface area contributed by atoms with Crippen molar-refractivity contribution >= 4 is 29.9 Å². The van der Waals surface area contributed by atoms with Gasteiger partial charge >= 0.3 is 0 Å². The van der Waals surface area contributed by atoms with Crippen molar-refractivity contribution in [3.63, 3.8) is 0 Å². The molecule has 0 amide bonds. The maximum absolute atomic E-state index is 13.4. The van der Waals surface area contributed by atoms with Crippen LogP contribution in [-0.4, -0.2) is 44.6 Å². The molecule has 6 heteroatoms. The average molecular weight is 432 g/mol. The van der Waals surface area contributed by atoms with E-state index in [2.05, 4.69) is 32.7 Å². The van der Waals surface area contributed by atoms with Gasteiger partial charge < -0.3 is 15.5 Å². The van der Waals surface area contributed by atoms with E-state index in [1.807, 2.05) is 20.2 Å². The summed E-state index contributed by atoms with van der Waals surface area (Å²) in [6.07, 6.45) is 6.42. The van der Waals surface area contributed by atoms with Crippen molar-refractivity contribution < 1.29 is 4.39 Å². The summed E-state index contributed by atoms with van der Waals surface area (Å²) in [7, 11) is 5.76. The Hall–Kier alpha value is -1.15. The van der Waals surface area contributed by atoms with Gasteiger partial charge in [-0.05, 0) is 44.6 Å². The lowest BCUT2D eigenvalue weighted by Crippen LogP contribution is -2.45. The van der Waals surface area contributed by atoms with Crippen molar-refractivity contribution in [2.45, 2.75) is 24.9 Å². The summed E-state index contributed by atoms with van der Waals surface area (Å²) in [5.41, 5.74) is 0.954. The predicted octanol–water partition coefficient (Wildman–Crippen LogP) is 2.93. The Morgan fingerprint density at radius 3 is 2.61 bits per heavy atom. The van der Waals surface area contributed by atoms with Gasteiger partial charge in [-0.2, -0.15) is 0 Å². The molecule has 0 saturated carbocycles. The van der Waals surface area contributed by atoms with Crippen molar-refractivity contribution in [1.82, 2.24) is 15.5 Å². The van der Waals surface area contributed by atoms with Gasteiger partial charge in [0, 0.05) is 19.6 Å². The lowest BCUT2D eigenvalue weighted by molar-refractivity contribution is 0.297. The van der Waals surface area contributed by atoms with E-state index in [9.17, 15) is 4.39 Å². The molecule has 1 aromatic carbocycles. The van der Waals surface area contributed by atoms with Gasteiger partial charge in [0.15, 0.2) is 5.96 Å². The minimum absolute atomic E-state index is 0. The fourth-order valence-corrected chi connectivity index (χ4v) is 2.63. The molecule has 0 saturated heterocycles. The normalized spacial score (nSPS) is 16.3. The highest BCUT2D eigenvalue weighted by Gasteiger charge is 2.17. The number of hydrogen-bond donors (Lipinski definition) is 2. The average Bonchev–Trinajstić information content (AvgIpc) is 2.99. The number of guanidine groups is 1. The van der Waals surface area contributed by atoms with Crippen LogP contribution in [0.1, 0.15) is 24.4 Å². The zero-order chi connectivity index (χ0) is 15.9. The molecule has 0 spiro atoms. The van der Waals surface area contributed by atoms with E-state index in [-0.39, 0.29) is 35.8 Å². The first-order chi connectivity index (χ1) is 10.6. The summed E-state index contributed by atoms with van der Waals surface area (Å²) in [6.45, 7) is 0.663. The summed E-state index contributed by atoms with van der Waals surface area (Å²) in [4.78, 5) is 6.34. The predicted molar refractivity (Wildman–Crippen MR) is 105 cm³/mol. The Bertz CT molecular complexity index is 537. The Morgan fingerprint density at radius 1 is 1.35 bits per heavy atom. The van der Waals surface area contributed by atoms with Crippen LogP contribution < -0.4 is 10.6 Å². The summed E-state index contributed by atoms with van der Waals surface area (Å²) in [5, 5.41) is 6.75. The number of hydrogen-bond acceptors (Lipinski definition) is 2. The molecule has 1 unspecified atom stereocenters. The fourth-order valence-electron chi connectivity index (χ4n) is 2.63. The zero-order valence-corrected chi connectivity index (χ0v) is 16.3. The molecule has 2 rings (SSSR count). The number of nitrogens with zero attached hydrogens (tertiary/aromatic N) is 2. The van der Waals surface area contributed by atoms with Gasteiger partial charge in [-0.1, -0.05) is 24.3 Å². The maximum Gasteiger partial charge on any atom is 0.191 e. The second-order valence-electron chi connectivity index (χ2n) is 5.77. The number of rotatable bonds is 5. The van der Waals surface area contributed by atoms with Crippen LogP contribution in [-0.2, 0) is 0 Å². The molecule has 2 N–H and O–H groups in total. The molecule has 0 bridgehead atoms. The van der Waals surface area contributed by atoms with Crippen LogP contribution in [0.2, 0.25) is 0 Å². The van der Waals surface area contributed by atoms with Crippen LogP contribution in [0.3, 0.4) is 0 Å². The highest BCUT2D eigenvalue weighted by Crippen LogP contribution is 2.18. The lowest BCUT2D eigenvalue weighted by atomic mass is 10.1. The molecule has 1 atom stereocenters. The Balaban J connectivity index is 0.00000264. The van der Waals surface area contributed by atoms with Gasteiger partial charge in [-0.3, -0.25) is 4.99 Å². The molecule has 0 radical (unpaired) electrons. The Labute approximate surface area is 155 Å². The number of aliphatic imine (C=N–C) groups is 1. The highest BCUT2D eigenvalue weighted by atomic mass is 127. The van der Waals surface area contributed by atoms with Gasteiger partial charge in [0.1, 0.15) is 5.82 Å². The van der Waals surface area contributed by atoms with Crippen LogP contribution in [0.4, 0.5) is 4.39 Å². The molecule has 1 aliphatic carbocycles. The van der Waals surface area contributed by atoms with Crippen molar-refractivity contribution in [2.24, 2.45) is 4.99 Å². The fraction of sp³-hybridized carbons (Fsp3) is 0.471. The van der Waals surface area contributed by atoms with Crippen LogP contribution in [0.15, 0.2) is 41.4 Å².